The van der Waals surface area contributed by atoms with Gasteiger partial charge in [0.25, 0.3) is 0 Å². The SMILES string of the molecule is COC(=O)N(C)c1c(C(=O)CC(=O)C2CC2)ccc(Cl)c1Cl. The lowest BCUT2D eigenvalue weighted by atomic mass is 10.0. The van der Waals surface area contributed by atoms with E-state index in [1.54, 1.807) is 0 Å². The van der Waals surface area contributed by atoms with Crippen LogP contribution < -0.4 is 4.90 Å². The lowest BCUT2D eigenvalue weighted by molar-refractivity contribution is -0.119. The topological polar surface area (TPSA) is 63.7 Å². The lowest BCUT2D eigenvalue weighted by Gasteiger charge is -2.20. The first-order valence-electron chi connectivity index (χ1n) is 6.72. The van der Waals surface area contributed by atoms with Gasteiger partial charge in [-0.3, -0.25) is 14.5 Å². The molecule has 0 aromatic heterocycles. The maximum Gasteiger partial charge on any atom is 0.413 e. The highest BCUT2D eigenvalue weighted by molar-refractivity contribution is 6.44. The van der Waals surface area contributed by atoms with Crippen LogP contribution >= 0.6 is 23.2 Å². The third-order valence-electron chi connectivity index (χ3n) is 3.52. The highest BCUT2D eigenvalue weighted by atomic mass is 35.5. The third kappa shape index (κ3) is 3.42. The van der Waals surface area contributed by atoms with E-state index in [4.69, 9.17) is 23.2 Å². The highest BCUT2D eigenvalue weighted by Crippen LogP contribution is 2.37. The number of carbonyl (C=O) groups is 3. The number of halogens is 2. The Labute approximate surface area is 138 Å². The van der Waals surface area contributed by atoms with Gasteiger partial charge in [-0.05, 0) is 25.0 Å². The van der Waals surface area contributed by atoms with Crippen LogP contribution in [0.5, 0.6) is 0 Å². The van der Waals surface area contributed by atoms with Gasteiger partial charge < -0.3 is 4.74 Å². The number of methoxy groups -OCH3 is 1. The smallest absolute Gasteiger partial charge is 0.413 e. The van der Waals surface area contributed by atoms with Crippen molar-refractivity contribution in [2.45, 2.75) is 19.3 Å². The Morgan fingerprint density at radius 2 is 1.91 bits per heavy atom. The van der Waals surface area contributed by atoms with Crippen molar-refractivity contribution >= 4 is 46.5 Å². The fourth-order valence-corrected chi connectivity index (χ4v) is 2.57. The van der Waals surface area contributed by atoms with Crippen LogP contribution in [0, 0.1) is 5.92 Å². The summed E-state index contributed by atoms with van der Waals surface area (Å²) in [5.74, 6) is -0.475. The molecule has 1 fully saturated rings. The summed E-state index contributed by atoms with van der Waals surface area (Å²) >= 11 is 12.1. The van der Waals surface area contributed by atoms with Crippen LogP contribution in [0.4, 0.5) is 10.5 Å². The number of rotatable bonds is 5. The summed E-state index contributed by atoms with van der Waals surface area (Å²) in [6, 6.07) is 2.93. The number of ether oxygens (including phenoxy) is 1. The Morgan fingerprint density at radius 1 is 1.27 bits per heavy atom. The average molecular weight is 344 g/mol. The number of ketones is 2. The molecule has 2 rings (SSSR count). The molecule has 118 valence electrons. The van der Waals surface area contributed by atoms with Gasteiger partial charge in [-0.15, -0.1) is 0 Å². The quantitative estimate of drug-likeness (QED) is 0.603. The number of amides is 1. The molecular formula is C15H15Cl2NO4. The van der Waals surface area contributed by atoms with Gasteiger partial charge in [0.1, 0.15) is 5.78 Å². The van der Waals surface area contributed by atoms with Crippen LogP contribution in [0.25, 0.3) is 0 Å². The molecule has 5 nitrogen and oxygen atoms in total. The molecule has 1 aromatic rings. The molecule has 7 heteroatoms. The highest BCUT2D eigenvalue weighted by Gasteiger charge is 2.32. The Hall–Kier alpha value is -1.59. The maximum absolute atomic E-state index is 12.4. The Bertz CT molecular complexity index is 641. The van der Waals surface area contributed by atoms with Crippen molar-refractivity contribution in [2.75, 3.05) is 19.1 Å². The lowest BCUT2D eigenvalue weighted by Crippen LogP contribution is -2.28. The minimum absolute atomic E-state index is 0.00601. The molecule has 0 aliphatic heterocycles. The Morgan fingerprint density at radius 3 is 2.45 bits per heavy atom. The van der Waals surface area contributed by atoms with E-state index in [2.05, 4.69) is 4.74 Å². The Balaban J connectivity index is 2.37. The van der Waals surface area contributed by atoms with Crippen LogP contribution in [-0.2, 0) is 9.53 Å². The van der Waals surface area contributed by atoms with Gasteiger partial charge in [-0.1, -0.05) is 23.2 Å². The van der Waals surface area contributed by atoms with Crippen LogP contribution in [0.1, 0.15) is 29.6 Å². The van der Waals surface area contributed by atoms with E-state index in [0.29, 0.717) is 0 Å². The minimum Gasteiger partial charge on any atom is -0.452 e. The molecule has 1 saturated carbocycles. The predicted octanol–water partition coefficient (Wildman–Crippen LogP) is 3.75. The number of anilines is 1. The molecule has 1 aliphatic rings. The molecule has 0 bridgehead atoms. The number of benzene rings is 1. The summed E-state index contributed by atoms with van der Waals surface area (Å²) < 4.78 is 4.63. The van der Waals surface area contributed by atoms with Crippen LogP contribution in [0.3, 0.4) is 0 Å². The predicted molar refractivity (Wildman–Crippen MR) is 83.9 cm³/mol. The average Bonchev–Trinajstić information content (AvgIpc) is 3.32. The number of hydrogen-bond donors (Lipinski definition) is 0. The fraction of sp³-hybridized carbons (Fsp3) is 0.400. The zero-order valence-electron chi connectivity index (χ0n) is 12.2. The number of Topliss-reactive ketones (excluding diaryl/α,β-unsaturated/α-hetero) is 2. The standard InChI is InChI=1S/C15H15Cl2NO4/c1-18(15(21)22-2)14-9(5-6-10(16)13(14)17)12(20)7-11(19)8-3-4-8/h5-6,8H,3-4,7H2,1-2H3. The zero-order chi connectivity index (χ0) is 16.4. The molecule has 1 aromatic carbocycles. The van der Waals surface area contributed by atoms with Gasteiger partial charge in [0, 0.05) is 18.5 Å². The molecule has 1 aliphatic carbocycles. The van der Waals surface area contributed by atoms with Crippen LogP contribution in [0.15, 0.2) is 12.1 Å². The van der Waals surface area contributed by atoms with Gasteiger partial charge in [-0.2, -0.15) is 0 Å². The van der Waals surface area contributed by atoms with E-state index in [1.807, 2.05) is 0 Å². The molecule has 0 spiro atoms. The van der Waals surface area contributed by atoms with Crippen molar-refractivity contribution in [3.05, 3.63) is 27.7 Å². The summed E-state index contributed by atoms with van der Waals surface area (Å²) in [4.78, 5) is 37.0. The van der Waals surface area contributed by atoms with Gasteiger partial charge >= 0.3 is 6.09 Å². The van der Waals surface area contributed by atoms with Gasteiger partial charge in [0.05, 0.1) is 29.3 Å². The Kier molecular flexibility index (Phi) is 5.08. The third-order valence-corrected chi connectivity index (χ3v) is 4.32. The summed E-state index contributed by atoms with van der Waals surface area (Å²) in [5, 5.41) is 0.275. The van der Waals surface area contributed by atoms with Crippen molar-refractivity contribution in [3.63, 3.8) is 0 Å². The van der Waals surface area contributed by atoms with Crippen LogP contribution in [-0.4, -0.2) is 31.8 Å². The molecular weight excluding hydrogens is 329 g/mol. The van der Waals surface area contributed by atoms with E-state index in [9.17, 15) is 14.4 Å². The molecule has 0 heterocycles. The van der Waals surface area contributed by atoms with Crippen molar-refractivity contribution in [3.8, 4) is 0 Å². The van der Waals surface area contributed by atoms with Gasteiger partial charge in [0.15, 0.2) is 5.78 Å². The summed E-state index contributed by atoms with van der Waals surface area (Å²) in [7, 11) is 2.64. The molecule has 0 unspecified atom stereocenters. The molecule has 0 atom stereocenters. The first-order valence-corrected chi connectivity index (χ1v) is 7.48. The molecule has 0 N–H and O–H groups in total. The van der Waals surface area contributed by atoms with E-state index < -0.39 is 6.09 Å². The molecule has 0 radical (unpaired) electrons. The van der Waals surface area contributed by atoms with Crippen molar-refractivity contribution in [1.82, 2.24) is 0 Å². The first kappa shape index (κ1) is 16.8. The second-order valence-corrected chi connectivity index (χ2v) is 5.91. The summed E-state index contributed by atoms with van der Waals surface area (Å²) in [6.45, 7) is 0. The minimum atomic E-state index is -0.688. The van der Waals surface area contributed by atoms with E-state index in [1.165, 1.54) is 26.3 Å². The monoisotopic (exact) mass is 343 g/mol. The number of hydrogen-bond acceptors (Lipinski definition) is 4. The molecule has 0 saturated heterocycles. The van der Waals surface area contributed by atoms with E-state index >= 15 is 0 Å². The summed E-state index contributed by atoms with van der Waals surface area (Å²) in [6.07, 6.45) is 0.780. The van der Waals surface area contributed by atoms with E-state index in [0.717, 1.165) is 17.7 Å². The van der Waals surface area contributed by atoms with Gasteiger partial charge in [-0.25, -0.2) is 4.79 Å². The maximum atomic E-state index is 12.4. The zero-order valence-corrected chi connectivity index (χ0v) is 13.7. The second kappa shape index (κ2) is 6.67. The summed E-state index contributed by atoms with van der Waals surface area (Å²) in [5.41, 5.74) is 0.325. The molecule has 1 amide bonds. The largest absolute Gasteiger partial charge is 0.452 e. The van der Waals surface area contributed by atoms with Crippen LogP contribution in [0.2, 0.25) is 10.0 Å². The number of carbonyl (C=O) groups excluding carboxylic acids is 3. The van der Waals surface area contributed by atoms with Crippen molar-refractivity contribution in [2.24, 2.45) is 5.92 Å². The van der Waals surface area contributed by atoms with Gasteiger partial charge in [0.2, 0.25) is 0 Å². The fourth-order valence-electron chi connectivity index (χ4n) is 2.12. The molecule has 22 heavy (non-hydrogen) atoms. The first-order chi connectivity index (χ1) is 10.4. The van der Waals surface area contributed by atoms with Crippen molar-refractivity contribution < 1.29 is 19.1 Å². The van der Waals surface area contributed by atoms with E-state index in [-0.39, 0.29) is 45.2 Å². The number of nitrogens with zero attached hydrogens (tertiary/aromatic N) is 1. The van der Waals surface area contributed by atoms with Crippen molar-refractivity contribution in [1.29, 1.82) is 0 Å². The second-order valence-electron chi connectivity index (χ2n) is 5.13. The normalized spacial score (nSPS) is 13.6.